The Hall–Kier alpha value is -1.35. The highest BCUT2D eigenvalue weighted by Crippen LogP contribution is 2.04. The molecule has 0 aliphatic carbocycles. The minimum absolute atomic E-state index is 0.0533. The summed E-state index contributed by atoms with van der Waals surface area (Å²) >= 11 is 0. The zero-order chi connectivity index (χ0) is 9.10. The Bertz CT molecular complexity index is 297. The van der Waals surface area contributed by atoms with Gasteiger partial charge in [-0.1, -0.05) is 30.3 Å². The first-order valence-corrected chi connectivity index (χ1v) is 4.41. The topological polar surface area (TPSA) is 41.1 Å². The van der Waals surface area contributed by atoms with Gasteiger partial charge in [0.25, 0.3) is 0 Å². The second-order valence-electron chi connectivity index (χ2n) is 3.16. The van der Waals surface area contributed by atoms with Crippen LogP contribution < -0.4 is 10.6 Å². The fraction of sp³-hybridized carbons (Fsp3) is 0.300. The molecular formula is C10H12N2O. The molecule has 1 aliphatic rings. The molecule has 0 aromatic heterocycles. The number of benzene rings is 1. The predicted octanol–water partition coefficient (Wildman–Crippen LogP) is 0.275. The van der Waals surface area contributed by atoms with Crippen molar-refractivity contribution in [3.63, 3.8) is 0 Å². The molecule has 1 unspecified atom stereocenters. The van der Waals surface area contributed by atoms with Crippen LogP contribution in [0.3, 0.4) is 0 Å². The maximum absolute atomic E-state index is 11.2. The summed E-state index contributed by atoms with van der Waals surface area (Å²) in [6, 6.07) is 9.97. The van der Waals surface area contributed by atoms with Gasteiger partial charge in [0.15, 0.2) is 0 Å². The molecule has 0 spiro atoms. The molecule has 3 heteroatoms. The molecule has 1 atom stereocenters. The minimum Gasteiger partial charge on any atom is -0.342 e. The van der Waals surface area contributed by atoms with E-state index in [-0.39, 0.29) is 11.9 Å². The standard InChI is InChI=1S/C10H12N2O/c13-10-9(11-7-12-10)6-8-4-2-1-3-5-8/h1-5,9,11H,6-7H2,(H,12,13). The average molecular weight is 176 g/mol. The quantitative estimate of drug-likeness (QED) is 0.679. The summed E-state index contributed by atoms with van der Waals surface area (Å²) in [5.41, 5.74) is 1.19. The van der Waals surface area contributed by atoms with Gasteiger partial charge in [-0.2, -0.15) is 0 Å². The maximum atomic E-state index is 11.2. The van der Waals surface area contributed by atoms with Gasteiger partial charge in [-0.3, -0.25) is 10.1 Å². The van der Waals surface area contributed by atoms with E-state index in [4.69, 9.17) is 0 Å². The van der Waals surface area contributed by atoms with Gasteiger partial charge in [0.2, 0.25) is 5.91 Å². The van der Waals surface area contributed by atoms with Gasteiger partial charge in [0, 0.05) is 0 Å². The number of hydrogen-bond acceptors (Lipinski definition) is 2. The van der Waals surface area contributed by atoms with E-state index in [1.807, 2.05) is 30.3 Å². The molecule has 3 nitrogen and oxygen atoms in total. The Morgan fingerprint density at radius 3 is 2.69 bits per heavy atom. The lowest BCUT2D eigenvalue weighted by Gasteiger charge is -2.06. The van der Waals surface area contributed by atoms with Gasteiger partial charge in [0.05, 0.1) is 12.7 Å². The molecule has 1 aliphatic heterocycles. The number of carbonyl (C=O) groups excluding carboxylic acids is 1. The summed E-state index contributed by atoms with van der Waals surface area (Å²) in [6.45, 7) is 0.594. The molecule has 2 N–H and O–H groups in total. The van der Waals surface area contributed by atoms with Gasteiger partial charge < -0.3 is 5.32 Å². The summed E-state index contributed by atoms with van der Waals surface area (Å²) in [5.74, 6) is 0.101. The third-order valence-corrected chi connectivity index (χ3v) is 2.21. The summed E-state index contributed by atoms with van der Waals surface area (Å²) in [6.07, 6.45) is 0.771. The monoisotopic (exact) mass is 176 g/mol. The van der Waals surface area contributed by atoms with Crippen molar-refractivity contribution in [3.8, 4) is 0 Å². The molecule has 1 aromatic rings. The number of hydrogen-bond donors (Lipinski definition) is 2. The molecular weight excluding hydrogens is 164 g/mol. The SMILES string of the molecule is O=C1NCNC1Cc1ccccc1. The lowest BCUT2D eigenvalue weighted by Crippen LogP contribution is -2.30. The molecule has 2 rings (SSSR count). The lowest BCUT2D eigenvalue weighted by molar-refractivity contribution is -0.120. The Morgan fingerprint density at radius 1 is 1.31 bits per heavy atom. The highest BCUT2D eigenvalue weighted by molar-refractivity contribution is 5.83. The van der Waals surface area contributed by atoms with Crippen molar-refractivity contribution in [1.82, 2.24) is 10.6 Å². The minimum atomic E-state index is -0.0533. The highest BCUT2D eigenvalue weighted by Gasteiger charge is 2.22. The van der Waals surface area contributed by atoms with E-state index < -0.39 is 0 Å². The summed E-state index contributed by atoms with van der Waals surface area (Å²) in [4.78, 5) is 11.2. The number of rotatable bonds is 2. The predicted molar refractivity (Wildman–Crippen MR) is 50.1 cm³/mol. The van der Waals surface area contributed by atoms with Crippen molar-refractivity contribution < 1.29 is 4.79 Å². The largest absolute Gasteiger partial charge is 0.342 e. The van der Waals surface area contributed by atoms with Crippen molar-refractivity contribution in [3.05, 3.63) is 35.9 Å². The second kappa shape index (κ2) is 3.58. The van der Waals surface area contributed by atoms with Crippen LogP contribution in [0.15, 0.2) is 30.3 Å². The number of amides is 1. The van der Waals surface area contributed by atoms with Crippen LogP contribution in [0.1, 0.15) is 5.56 Å². The Labute approximate surface area is 77.1 Å². The van der Waals surface area contributed by atoms with Crippen molar-refractivity contribution in [2.75, 3.05) is 6.67 Å². The van der Waals surface area contributed by atoms with Crippen molar-refractivity contribution in [1.29, 1.82) is 0 Å². The molecule has 0 radical (unpaired) electrons. The zero-order valence-corrected chi connectivity index (χ0v) is 7.29. The number of nitrogens with one attached hydrogen (secondary N) is 2. The first-order valence-electron chi connectivity index (χ1n) is 4.41. The van der Waals surface area contributed by atoms with Gasteiger partial charge in [-0.25, -0.2) is 0 Å². The highest BCUT2D eigenvalue weighted by atomic mass is 16.2. The molecule has 1 amide bonds. The van der Waals surface area contributed by atoms with Gasteiger partial charge in [-0.15, -0.1) is 0 Å². The van der Waals surface area contributed by atoms with Crippen molar-refractivity contribution in [2.45, 2.75) is 12.5 Å². The van der Waals surface area contributed by atoms with E-state index in [1.54, 1.807) is 0 Å². The van der Waals surface area contributed by atoms with Crippen LogP contribution in [0.25, 0.3) is 0 Å². The molecule has 1 aromatic carbocycles. The van der Waals surface area contributed by atoms with Crippen molar-refractivity contribution >= 4 is 5.91 Å². The third kappa shape index (κ3) is 1.87. The van der Waals surface area contributed by atoms with E-state index >= 15 is 0 Å². The van der Waals surface area contributed by atoms with Gasteiger partial charge in [-0.05, 0) is 12.0 Å². The van der Waals surface area contributed by atoms with Gasteiger partial charge >= 0.3 is 0 Å². The maximum Gasteiger partial charge on any atom is 0.238 e. The molecule has 0 bridgehead atoms. The third-order valence-electron chi connectivity index (χ3n) is 2.21. The smallest absolute Gasteiger partial charge is 0.238 e. The summed E-state index contributed by atoms with van der Waals surface area (Å²) in [5, 5.41) is 5.83. The van der Waals surface area contributed by atoms with Gasteiger partial charge in [0.1, 0.15) is 0 Å². The molecule has 68 valence electrons. The average Bonchev–Trinajstić information content (AvgIpc) is 2.54. The first-order chi connectivity index (χ1) is 6.36. The van der Waals surface area contributed by atoms with E-state index in [0.29, 0.717) is 6.67 Å². The van der Waals surface area contributed by atoms with Crippen molar-refractivity contribution in [2.24, 2.45) is 0 Å². The molecule has 1 saturated heterocycles. The molecule has 1 fully saturated rings. The summed E-state index contributed by atoms with van der Waals surface area (Å²) < 4.78 is 0. The lowest BCUT2D eigenvalue weighted by atomic mass is 10.1. The Kier molecular flexibility index (Phi) is 2.27. The Balaban J connectivity index is 2.02. The van der Waals surface area contributed by atoms with Crippen LogP contribution >= 0.6 is 0 Å². The molecule has 13 heavy (non-hydrogen) atoms. The van der Waals surface area contributed by atoms with Crippen LogP contribution in [0, 0.1) is 0 Å². The summed E-state index contributed by atoms with van der Waals surface area (Å²) in [7, 11) is 0. The van der Waals surface area contributed by atoms with E-state index in [0.717, 1.165) is 6.42 Å². The van der Waals surface area contributed by atoms with Crippen LogP contribution in [-0.4, -0.2) is 18.6 Å². The van der Waals surface area contributed by atoms with E-state index in [1.165, 1.54) is 5.56 Å². The van der Waals surface area contributed by atoms with Crippen LogP contribution in [0.2, 0.25) is 0 Å². The zero-order valence-electron chi connectivity index (χ0n) is 7.29. The van der Waals surface area contributed by atoms with E-state index in [2.05, 4.69) is 10.6 Å². The van der Waals surface area contributed by atoms with E-state index in [9.17, 15) is 4.79 Å². The normalized spacial score (nSPS) is 21.5. The van der Waals surface area contributed by atoms with Crippen LogP contribution in [0.4, 0.5) is 0 Å². The van der Waals surface area contributed by atoms with Crippen LogP contribution in [-0.2, 0) is 11.2 Å². The second-order valence-corrected chi connectivity index (χ2v) is 3.16. The fourth-order valence-corrected chi connectivity index (χ4v) is 1.49. The van der Waals surface area contributed by atoms with Crippen LogP contribution in [0.5, 0.6) is 0 Å². The molecule has 0 saturated carbocycles. The fourth-order valence-electron chi connectivity index (χ4n) is 1.49. The number of carbonyl (C=O) groups is 1. The molecule has 1 heterocycles. The Morgan fingerprint density at radius 2 is 2.08 bits per heavy atom. The first kappa shape index (κ1) is 8.26.